The molecule has 1 aliphatic rings. The molecule has 0 saturated heterocycles. The smallest absolute Gasteiger partial charge is 0.293 e. The number of hydrogen-bond acceptors (Lipinski definition) is 8. The van der Waals surface area contributed by atoms with E-state index in [0.29, 0.717) is 27.9 Å². The van der Waals surface area contributed by atoms with Crippen LogP contribution in [-0.4, -0.2) is 39.8 Å². The highest BCUT2D eigenvalue weighted by Gasteiger charge is 2.27. The number of para-hydroxylation sites is 1. The number of carbonyl (C=O) groups is 2. The predicted octanol–water partition coefficient (Wildman–Crippen LogP) is 3.23. The zero-order valence-electron chi connectivity index (χ0n) is 19.9. The largest absolute Gasteiger partial charge is 0.301 e. The molecule has 1 saturated carbocycles. The van der Waals surface area contributed by atoms with E-state index in [-0.39, 0.29) is 22.3 Å². The second-order valence-electron chi connectivity index (χ2n) is 8.81. The molecule has 2 N–H and O–H groups in total. The van der Waals surface area contributed by atoms with Gasteiger partial charge in [-0.05, 0) is 43.2 Å². The van der Waals surface area contributed by atoms with Gasteiger partial charge in [-0.15, -0.1) is 10.2 Å². The molecule has 13 heteroatoms. The molecular weight excluding hydrogens is 516 g/mol. The van der Waals surface area contributed by atoms with E-state index in [1.165, 1.54) is 19.1 Å². The molecule has 0 unspecified atom stereocenters. The normalized spacial score (nSPS) is 14.5. The van der Waals surface area contributed by atoms with Crippen molar-refractivity contribution in [2.75, 3.05) is 5.32 Å². The number of rotatable bonds is 6. The summed E-state index contributed by atoms with van der Waals surface area (Å²) in [4.78, 5) is 37.7. The minimum atomic E-state index is -4.34. The maximum absolute atomic E-state index is 13.6. The highest BCUT2D eigenvalue weighted by Crippen LogP contribution is 2.32. The summed E-state index contributed by atoms with van der Waals surface area (Å²) in [6.45, 7) is 1.25. The Balaban J connectivity index is 1.52. The molecule has 0 bridgehead atoms. The summed E-state index contributed by atoms with van der Waals surface area (Å²) in [5, 5.41) is 9.81. The topological polar surface area (TPSA) is 145 Å². The fourth-order valence-corrected chi connectivity index (χ4v) is 6.53. The molecule has 0 aliphatic heterocycles. The Morgan fingerprint density at radius 2 is 1.76 bits per heavy atom. The molecule has 0 spiro atoms. The number of anilines is 1. The Bertz CT molecular complexity index is 1650. The molecule has 2 amide bonds. The molecular formula is C24H24N6O5S2. The lowest BCUT2D eigenvalue weighted by Crippen LogP contribution is -2.30. The number of nitrogens with zero attached hydrogens (tertiary/aromatic N) is 4. The molecule has 1 fully saturated rings. The molecule has 0 radical (unpaired) electrons. The first-order valence-corrected chi connectivity index (χ1v) is 14.1. The molecule has 37 heavy (non-hydrogen) atoms. The summed E-state index contributed by atoms with van der Waals surface area (Å²) >= 11 is 0.616. The van der Waals surface area contributed by atoms with Gasteiger partial charge >= 0.3 is 0 Å². The summed E-state index contributed by atoms with van der Waals surface area (Å²) in [6, 6.07) is 14.1. The number of aromatic nitrogens is 4. The van der Waals surface area contributed by atoms with Crippen molar-refractivity contribution in [2.45, 2.75) is 49.4 Å². The van der Waals surface area contributed by atoms with E-state index in [4.69, 9.17) is 0 Å². The van der Waals surface area contributed by atoms with Gasteiger partial charge in [0.05, 0.1) is 22.6 Å². The van der Waals surface area contributed by atoms with Crippen LogP contribution in [0.4, 0.5) is 5.13 Å². The molecule has 11 nitrogen and oxygen atoms in total. The first-order chi connectivity index (χ1) is 17.7. The van der Waals surface area contributed by atoms with Gasteiger partial charge in [0.1, 0.15) is 0 Å². The molecule has 5 rings (SSSR count). The van der Waals surface area contributed by atoms with Crippen molar-refractivity contribution >= 4 is 49.2 Å². The lowest BCUT2D eigenvalue weighted by molar-refractivity contribution is -0.114. The zero-order valence-corrected chi connectivity index (χ0v) is 21.5. The lowest BCUT2D eigenvalue weighted by atomic mass is 9.95. The molecule has 2 aromatic carbocycles. The van der Waals surface area contributed by atoms with Crippen LogP contribution in [0, 0.1) is 0 Å². The quantitative estimate of drug-likeness (QED) is 0.357. The average molecular weight is 541 g/mol. The minimum absolute atomic E-state index is 0.00717. The third kappa shape index (κ3) is 4.91. The first-order valence-electron chi connectivity index (χ1n) is 11.8. The molecule has 2 heterocycles. The van der Waals surface area contributed by atoms with Crippen molar-refractivity contribution in [3.63, 3.8) is 0 Å². The summed E-state index contributed by atoms with van der Waals surface area (Å²) in [5.41, 5.74) is 1.13. The number of fused-ring (bicyclic) bond motifs is 1. The van der Waals surface area contributed by atoms with Crippen LogP contribution in [0.1, 0.15) is 55.4 Å². The standard InChI is InChI=1S/C24H24N6O5S2/c1-15(31)25-23-26-27-24(36-23)37(34,35)28-21(32)16-12-13-20-19(14-16)22(33)30(18-10-6-3-7-11-18)29(20)17-8-4-2-5-9-17/h3,6-7,10-14,17H,2,4-5,8-9H2,1H3,(H,28,32)(H,25,26,31). The highest BCUT2D eigenvalue weighted by atomic mass is 32.2. The summed E-state index contributed by atoms with van der Waals surface area (Å²) in [5.74, 6) is -1.34. The van der Waals surface area contributed by atoms with Gasteiger partial charge in [-0.2, -0.15) is 8.42 Å². The van der Waals surface area contributed by atoms with Crippen molar-refractivity contribution in [2.24, 2.45) is 0 Å². The zero-order chi connectivity index (χ0) is 26.2. The average Bonchev–Trinajstić information content (AvgIpc) is 3.47. The molecule has 1 aliphatic carbocycles. The number of sulfonamides is 1. The molecule has 192 valence electrons. The maximum atomic E-state index is 13.6. The van der Waals surface area contributed by atoms with Crippen molar-refractivity contribution in [3.8, 4) is 5.69 Å². The van der Waals surface area contributed by atoms with E-state index in [2.05, 4.69) is 15.5 Å². The minimum Gasteiger partial charge on any atom is -0.301 e. The van der Waals surface area contributed by atoms with E-state index in [1.54, 1.807) is 10.7 Å². The van der Waals surface area contributed by atoms with E-state index < -0.39 is 26.2 Å². The van der Waals surface area contributed by atoms with E-state index in [0.717, 1.165) is 32.1 Å². The molecule has 4 aromatic rings. The second kappa shape index (κ2) is 9.90. The number of carbonyl (C=O) groups excluding carboxylic acids is 2. The lowest BCUT2D eigenvalue weighted by Gasteiger charge is -2.26. The number of hydrogen-bond donors (Lipinski definition) is 2. The van der Waals surface area contributed by atoms with Gasteiger partial charge in [0.2, 0.25) is 11.0 Å². The van der Waals surface area contributed by atoms with Crippen molar-refractivity contribution in [1.29, 1.82) is 0 Å². The Kier molecular flexibility index (Phi) is 6.65. The number of amides is 2. The van der Waals surface area contributed by atoms with Gasteiger partial charge in [0.25, 0.3) is 25.8 Å². The van der Waals surface area contributed by atoms with Crippen LogP contribution in [0.25, 0.3) is 16.6 Å². The molecule has 2 aromatic heterocycles. The maximum Gasteiger partial charge on any atom is 0.293 e. The van der Waals surface area contributed by atoms with Crippen LogP contribution < -0.4 is 15.6 Å². The van der Waals surface area contributed by atoms with Crippen molar-refractivity contribution < 1.29 is 18.0 Å². The van der Waals surface area contributed by atoms with Crippen molar-refractivity contribution in [3.05, 3.63) is 64.4 Å². The van der Waals surface area contributed by atoms with E-state index in [1.807, 2.05) is 39.7 Å². The van der Waals surface area contributed by atoms with Crippen LogP contribution in [0.15, 0.2) is 57.7 Å². The summed E-state index contributed by atoms with van der Waals surface area (Å²) < 4.78 is 30.5. The van der Waals surface area contributed by atoms with Crippen LogP contribution in [0.5, 0.6) is 0 Å². The van der Waals surface area contributed by atoms with Gasteiger partial charge in [-0.25, -0.2) is 9.40 Å². The highest BCUT2D eigenvalue weighted by molar-refractivity contribution is 7.92. The number of benzene rings is 2. The van der Waals surface area contributed by atoms with Gasteiger partial charge in [0, 0.05) is 12.5 Å². The monoisotopic (exact) mass is 540 g/mol. The first kappa shape index (κ1) is 24.8. The predicted molar refractivity (Wildman–Crippen MR) is 139 cm³/mol. The Morgan fingerprint density at radius 3 is 2.46 bits per heavy atom. The summed E-state index contributed by atoms with van der Waals surface area (Å²) in [6.07, 6.45) is 5.19. The van der Waals surface area contributed by atoms with Crippen LogP contribution >= 0.6 is 11.3 Å². The Hall–Kier alpha value is -3.84. The van der Waals surface area contributed by atoms with Gasteiger partial charge < -0.3 is 5.32 Å². The van der Waals surface area contributed by atoms with Crippen LogP contribution in [0.3, 0.4) is 0 Å². The van der Waals surface area contributed by atoms with Crippen molar-refractivity contribution in [1.82, 2.24) is 24.3 Å². The van der Waals surface area contributed by atoms with Crippen LogP contribution in [-0.2, 0) is 14.8 Å². The molecule has 0 atom stereocenters. The SMILES string of the molecule is CC(=O)Nc1nnc(S(=O)(=O)NC(=O)c2ccc3c(c2)c(=O)n(-c2ccccc2)n3C2CCCCC2)s1. The van der Waals surface area contributed by atoms with Gasteiger partial charge in [-0.3, -0.25) is 19.1 Å². The fourth-order valence-electron chi connectivity index (χ4n) is 4.61. The third-order valence-electron chi connectivity index (χ3n) is 6.21. The van der Waals surface area contributed by atoms with Crippen LogP contribution in [0.2, 0.25) is 0 Å². The Labute approximate surface area is 216 Å². The third-order valence-corrected chi connectivity index (χ3v) is 8.75. The Morgan fingerprint density at radius 1 is 1.03 bits per heavy atom. The van der Waals surface area contributed by atoms with Gasteiger partial charge in [-0.1, -0.05) is 48.8 Å². The van der Waals surface area contributed by atoms with E-state index in [9.17, 15) is 22.8 Å². The summed E-state index contributed by atoms with van der Waals surface area (Å²) in [7, 11) is -4.34. The van der Waals surface area contributed by atoms with Gasteiger partial charge in [0.15, 0.2) is 0 Å². The van der Waals surface area contributed by atoms with E-state index >= 15 is 0 Å². The number of nitrogens with one attached hydrogen (secondary N) is 2. The second-order valence-corrected chi connectivity index (χ2v) is 11.6. The fraction of sp³-hybridized carbons (Fsp3) is 0.292.